The largest absolute Gasteiger partial charge is 0.345 e. The van der Waals surface area contributed by atoms with E-state index in [0.717, 1.165) is 12.0 Å². The average molecular weight is 308 g/mol. The van der Waals surface area contributed by atoms with Crippen molar-refractivity contribution >= 4 is 29.1 Å². The van der Waals surface area contributed by atoms with Gasteiger partial charge in [0.1, 0.15) is 0 Å². The molecule has 0 aliphatic rings. The van der Waals surface area contributed by atoms with Crippen LogP contribution in [0.15, 0.2) is 48.5 Å². The molecule has 2 rings (SSSR count). The van der Waals surface area contributed by atoms with Crippen LogP contribution < -0.4 is 5.32 Å². The molecule has 1 unspecified atom stereocenters. The van der Waals surface area contributed by atoms with Crippen molar-refractivity contribution < 1.29 is 4.79 Å². The molecule has 0 fully saturated rings. The summed E-state index contributed by atoms with van der Waals surface area (Å²) in [4.78, 5) is 12.3. The Morgan fingerprint density at radius 2 is 1.70 bits per heavy atom. The quantitative estimate of drug-likeness (QED) is 0.857. The van der Waals surface area contributed by atoms with Gasteiger partial charge in [-0.2, -0.15) is 0 Å². The second-order valence-electron chi connectivity index (χ2n) is 4.50. The lowest BCUT2D eigenvalue weighted by atomic mass is 10.0. The Hall–Kier alpha value is -1.51. The fourth-order valence-electron chi connectivity index (χ4n) is 2.03. The van der Waals surface area contributed by atoms with E-state index in [1.54, 1.807) is 18.2 Å². The maximum absolute atomic E-state index is 12.3. The van der Waals surface area contributed by atoms with Gasteiger partial charge in [0.15, 0.2) is 0 Å². The van der Waals surface area contributed by atoms with Crippen LogP contribution in [0, 0.1) is 0 Å². The first kappa shape index (κ1) is 14.9. The van der Waals surface area contributed by atoms with Gasteiger partial charge in [0, 0.05) is 15.6 Å². The molecule has 104 valence electrons. The third-order valence-corrected chi connectivity index (χ3v) is 3.48. The molecule has 0 spiro atoms. The fraction of sp³-hybridized carbons (Fsp3) is 0.188. The first-order valence-electron chi connectivity index (χ1n) is 6.42. The van der Waals surface area contributed by atoms with E-state index < -0.39 is 0 Å². The first-order chi connectivity index (χ1) is 9.60. The molecule has 20 heavy (non-hydrogen) atoms. The summed E-state index contributed by atoms with van der Waals surface area (Å²) in [6.07, 6.45) is 0.810. The first-order valence-corrected chi connectivity index (χ1v) is 7.17. The molecule has 0 aliphatic carbocycles. The van der Waals surface area contributed by atoms with E-state index in [4.69, 9.17) is 23.2 Å². The van der Waals surface area contributed by atoms with E-state index in [1.165, 1.54) is 0 Å². The summed E-state index contributed by atoms with van der Waals surface area (Å²) in [6.45, 7) is 2.03. The zero-order chi connectivity index (χ0) is 14.5. The summed E-state index contributed by atoms with van der Waals surface area (Å²) in [6, 6.07) is 14.7. The van der Waals surface area contributed by atoms with E-state index in [2.05, 4.69) is 5.32 Å². The van der Waals surface area contributed by atoms with Crippen molar-refractivity contribution in [1.29, 1.82) is 0 Å². The third kappa shape index (κ3) is 3.75. The molecule has 0 heterocycles. The predicted molar refractivity (Wildman–Crippen MR) is 83.4 cm³/mol. The van der Waals surface area contributed by atoms with E-state index in [9.17, 15) is 4.79 Å². The van der Waals surface area contributed by atoms with Crippen molar-refractivity contribution in [2.24, 2.45) is 0 Å². The Kier molecular flexibility index (Phi) is 5.05. The normalized spacial score (nSPS) is 11.9. The van der Waals surface area contributed by atoms with Crippen molar-refractivity contribution in [3.05, 3.63) is 69.7 Å². The molecule has 0 aliphatic heterocycles. The minimum absolute atomic E-state index is 0.0264. The maximum atomic E-state index is 12.3. The van der Waals surface area contributed by atoms with Gasteiger partial charge in [-0.25, -0.2) is 0 Å². The van der Waals surface area contributed by atoms with E-state index >= 15 is 0 Å². The maximum Gasteiger partial charge on any atom is 0.251 e. The Balaban J connectivity index is 2.17. The highest BCUT2D eigenvalue weighted by atomic mass is 35.5. The molecule has 0 aromatic heterocycles. The minimum atomic E-state index is -0.176. The molecule has 0 saturated carbocycles. The standard InChI is InChI=1S/C16H15Cl2NO/c1-2-15(11-6-4-3-5-7-11)19-16(20)12-8-13(17)10-14(18)9-12/h3-10,15H,2H2,1H3,(H,19,20). The number of rotatable bonds is 4. The SMILES string of the molecule is CCC(NC(=O)c1cc(Cl)cc(Cl)c1)c1ccccc1. The molecule has 0 radical (unpaired) electrons. The number of halogens is 2. The van der Waals surface area contributed by atoms with Crippen LogP contribution in [0.25, 0.3) is 0 Å². The monoisotopic (exact) mass is 307 g/mol. The van der Waals surface area contributed by atoms with E-state index in [0.29, 0.717) is 15.6 Å². The van der Waals surface area contributed by atoms with Gasteiger partial charge in [-0.05, 0) is 30.2 Å². The minimum Gasteiger partial charge on any atom is -0.345 e. The van der Waals surface area contributed by atoms with Crippen molar-refractivity contribution in [1.82, 2.24) is 5.32 Å². The predicted octanol–water partition coefficient (Wildman–Crippen LogP) is 4.87. The van der Waals surface area contributed by atoms with Gasteiger partial charge in [0.25, 0.3) is 5.91 Å². The number of amides is 1. The van der Waals surface area contributed by atoms with Crippen molar-refractivity contribution in [2.45, 2.75) is 19.4 Å². The lowest BCUT2D eigenvalue weighted by Gasteiger charge is -2.17. The van der Waals surface area contributed by atoms with Gasteiger partial charge in [0.2, 0.25) is 0 Å². The van der Waals surface area contributed by atoms with Crippen LogP contribution in [-0.2, 0) is 0 Å². The fourth-order valence-corrected chi connectivity index (χ4v) is 2.56. The van der Waals surface area contributed by atoms with Gasteiger partial charge in [0.05, 0.1) is 6.04 Å². The number of benzene rings is 2. The zero-order valence-electron chi connectivity index (χ0n) is 11.1. The highest BCUT2D eigenvalue weighted by molar-refractivity contribution is 6.35. The molecule has 1 atom stereocenters. The van der Waals surface area contributed by atoms with Crippen LogP contribution in [-0.4, -0.2) is 5.91 Å². The summed E-state index contributed by atoms with van der Waals surface area (Å²) in [5.74, 6) is -0.176. The molecule has 2 aromatic rings. The summed E-state index contributed by atoms with van der Waals surface area (Å²) >= 11 is 11.8. The lowest BCUT2D eigenvalue weighted by molar-refractivity contribution is 0.0935. The average Bonchev–Trinajstić information content (AvgIpc) is 2.44. The molecule has 2 aromatic carbocycles. The van der Waals surface area contributed by atoms with Gasteiger partial charge in [-0.3, -0.25) is 4.79 Å². The smallest absolute Gasteiger partial charge is 0.251 e. The van der Waals surface area contributed by atoms with E-state index in [-0.39, 0.29) is 11.9 Å². The Bertz CT molecular complexity index is 578. The van der Waals surface area contributed by atoms with Gasteiger partial charge >= 0.3 is 0 Å². The van der Waals surface area contributed by atoms with Crippen LogP contribution in [0.2, 0.25) is 10.0 Å². The summed E-state index contributed by atoms with van der Waals surface area (Å²) in [5.41, 5.74) is 1.55. The molecular weight excluding hydrogens is 293 g/mol. The Morgan fingerprint density at radius 1 is 1.10 bits per heavy atom. The lowest BCUT2D eigenvalue weighted by Crippen LogP contribution is -2.28. The van der Waals surface area contributed by atoms with Gasteiger partial charge in [-0.1, -0.05) is 60.5 Å². The molecule has 2 nitrogen and oxygen atoms in total. The van der Waals surface area contributed by atoms with Crippen LogP contribution in [0.4, 0.5) is 0 Å². The molecule has 1 N–H and O–H groups in total. The van der Waals surface area contributed by atoms with Crippen LogP contribution >= 0.6 is 23.2 Å². The summed E-state index contributed by atoms with van der Waals surface area (Å²) in [5, 5.41) is 3.91. The third-order valence-electron chi connectivity index (χ3n) is 3.04. The van der Waals surface area contributed by atoms with Crippen LogP contribution in [0.3, 0.4) is 0 Å². The van der Waals surface area contributed by atoms with Crippen LogP contribution in [0.1, 0.15) is 35.3 Å². The summed E-state index contributed by atoms with van der Waals surface area (Å²) in [7, 11) is 0. The molecule has 4 heteroatoms. The highest BCUT2D eigenvalue weighted by Gasteiger charge is 2.14. The van der Waals surface area contributed by atoms with Crippen LogP contribution in [0.5, 0.6) is 0 Å². The van der Waals surface area contributed by atoms with Crippen molar-refractivity contribution in [3.63, 3.8) is 0 Å². The zero-order valence-corrected chi connectivity index (χ0v) is 12.6. The number of carbonyl (C=O) groups excluding carboxylic acids is 1. The Labute approximate surface area is 128 Å². The van der Waals surface area contributed by atoms with Gasteiger partial charge < -0.3 is 5.32 Å². The molecule has 0 saturated heterocycles. The number of nitrogens with one attached hydrogen (secondary N) is 1. The molecule has 0 bridgehead atoms. The number of carbonyl (C=O) groups is 1. The molecular formula is C16H15Cl2NO. The topological polar surface area (TPSA) is 29.1 Å². The second-order valence-corrected chi connectivity index (χ2v) is 5.38. The highest BCUT2D eigenvalue weighted by Crippen LogP contribution is 2.21. The van der Waals surface area contributed by atoms with Crippen molar-refractivity contribution in [3.8, 4) is 0 Å². The van der Waals surface area contributed by atoms with Gasteiger partial charge in [-0.15, -0.1) is 0 Å². The number of hydrogen-bond donors (Lipinski definition) is 1. The summed E-state index contributed by atoms with van der Waals surface area (Å²) < 4.78 is 0. The van der Waals surface area contributed by atoms with Crippen molar-refractivity contribution in [2.75, 3.05) is 0 Å². The number of hydrogen-bond acceptors (Lipinski definition) is 1. The second kappa shape index (κ2) is 6.78. The Morgan fingerprint density at radius 3 is 2.25 bits per heavy atom. The molecule has 1 amide bonds. The van der Waals surface area contributed by atoms with E-state index in [1.807, 2.05) is 37.3 Å².